The van der Waals surface area contributed by atoms with E-state index in [9.17, 15) is 14.4 Å². The van der Waals surface area contributed by atoms with E-state index >= 15 is 0 Å². The van der Waals surface area contributed by atoms with Gasteiger partial charge in [0, 0.05) is 32.4 Å². The van der Waals surface area contributed by atoms with E-state index in [1.54, 1.807) is 24.0 Å². The standard InChI is InChI=1S/C16H18N4O5/c1-2-25-16(24)20-7-5-19(6-8-20)12-4-3-10-13(21)11(15(22)23)9-17-14(10)18-12/h3-4,9H,2,5-8H2,1H3,(H,22,23)(H,17,18,21). The molecule has 0 radical (unpaired) electrons. The van der Waals surface area contributed by atoms with Crippen molar-refractivity contribution in [2.24, 2.45) is 0 Å². The van der Waals surface area contributed by atoms with E-state index in [0.717, 1.165) is 6.20 Å². The molecule has 2 aromatic rings. The summed E-state index contributed by atoms with van der Waals surface area (Å²) < 4.78 is 4.99. The maximum Gasteiger partial charge on any atom is 0.409 e. The smallest absolute Gasteiger partial charge is 0.409 e. The number of H-pyrrole nitrogens is 1. The van der Waals surface area contributed by atoms with Crippen molar-refractivity contribution in [3.05, 3.63) is 34.1 Å². The van der Waals surface area contributed by atoms with Crippen LogP contribution in [0.4, 0.5) is 10.6 Å². The van der Waals surface area contributed by atoms with Crippen molar-refractivity contribution in [1.29, 1.82) is 0 Å². The van der Waals surface area contributed by atoms with Crippen molar-refractivity contribution in [2.45, 2.75) is 6.92 Å². The number of aromatic nitrogens is 2. The van der Waals surface area contributed by atoms with Crippen molar-refractivity contribution < 1.29 is 19.4 Å². The molecule has 1 aliphatic rings. The summed E-state index contributed by atoms with van der Waals surface area (Å²) in [4.78, 5) is 45.7. The third-order valence-corrected chi connectivity index (χ3v) is 4.08. The highest BCUT2D eigenvalue weighted by Gasteiger charge is 2.23. The molecule has 3 rings (SSSR count). The molecular formula is C16H18N4O5. The number of pyridine rings is 2. The molecule has 1 fully saturated rings. The average Bonchev–Trinajstić information content (AvgIpc) is 2.61. The number of nitrogens with zero attached hydrogens (tertiary/aromatic N) is 3. The number of hydrogen-bond acceptors (Lipinski definition) is 6. The Bertz CT molecular complexity index is 870. The number of carboxylic acid groups (broad SMARTS) is 1. The molecule has 3 heterocycles. The second kappa shape index (κ2) is 6.80. The zero-order chi connectivity index (χ0) is 18.0. The fourth-order valence-corrected chi connectivity index (χ4v) is 2.76. The minimum absolute atomic E-state index is 0.230. The van der Waals surface area contributed by atoms with Crippen LogP contribution in [0.25, 0.3) is 11.0 Å². The van der Waals surface area contributed by atoms with Crippen LogP contribution >= 0.6 is 0 Å². The third kappa shape index (κ3) is 3.25. The van der Waals surface area contributed by atoms with Crippen LogP contribution in [0.3, 0.4) is 0 Å². The molecule has 25 heavy (non-hydrogen) atoms. The minimum Gasteiger partial charge on any atom is -0.477 e. The molecule has 0 unspecified atom stereocenters. The SMILES string of the molecule is CCOC(=O)N1CCN(c2ccc3c(=O)c(C(=O)O)c[nH]c3n2)CC1. The molecule has 1 amide bonds. The lowest BCUT2D eigenvalue weighted by Gasteiger charge is -2.34. The van der Waals surface area contributed by atoms with Crippen LogP contribution in [0.2, 0.25) is 0 Å². The number of piperazine rings is 1. The first kappa shape index (κ1) is 16.7. The van der Waals surface area contributed by atoms with Gasteiger partial charge in [0.15, 0.2) is 0 Å². The number of hydrogen-bond donors (Lipinski definition) is 2. The van der Waals surface area contributed by atoms with Gasteiger partial charge in [-0.05, 0) is 19.1 Å². The van der Waals surface area contributed by atoms with Gasteiger partial charge in [0.25, 0.3) is 0 Å². The maximum absolute atomic E-state index is 12.1. The Morgan fingerprint density at radius 2 is 2.00 bits per heavy atom. The van der Waals surface area contributed by atoms with E-state index in [1.807, 2.05) is 4.90 Å². The van der Waals surface area contributed by atoms with Gasteiger partial charge in [0.1, 0.15) is 17.0 Å². The largest absolute Gasteiger partial charge is 0.477 e. The molecule has 2 N–H and O–H groups in total. The van der Waals surface area contributed by atoms with Gasteiger partial charge in [-0.25, -0.2) is 14.6 Å². The number of rotatable bonds is 3. The molecule has 1 saturated heterocycles. The Kier molecular flexibility index (Phi) is 4.55. The molecule has 1 aliphatic heterocycles. The lowest BCUT2D eigenvalue weighted by molar-refractivity contribution is 0.0695. The van der Waals surface area contributed by atoms with Gasteiger partial charge in [-0.1, -0.05) is 0 Å². The highest BCUT2D eigenvalue weighted by atomic mass is 16.6. The number of anilines is 1. The van der Waals surface area contributed by atoms with Crippen molar-refractivity contribution in [3.8, 4) is 0 Å². The Hall–Kier alpha value is -3.10. The van der Waals surface area contributed by atoms with Crippen molar-refractivity contribution >= 4 is 28.9 Å². The van der Waals surface area contributed by atoms with Gasteiger partial charge in [0.05, 0.1) is 12.0 Å². The van der Waals surface area contributed by atoms with Crippen molar-refractivity contribution in [3.63, 3.8) is 0 Å². The Morgan fingerprint density at radius 3 is 2.64 bits per heavy atom. The summed E-state index contributed by atoms with van der Waals surface area (Å²) in [5.41, 5.74) is -0.544. The zero-order valence-electron chi connectivity index (χ0n) is 13.7. The lowest BCUT2D eigenvalue weighted by Crippen LogP contribution is -2.49. The van der Waals surface area contributed by atoms with Gasteiger partial charge in [0.2, 0.25) is 5.43 Å². The lowest BCUT2D eigenvalue weighted by atomic mass is 10.2. The number of carbonyl (C=O) groups is 2. The molecular weight excluding hydrogens is 328 g/mol. The summed E-state index contributed by atoms with van der Waals surface area (Å²) in [6.45, 7) is 4.34. The fraction of sp³-hybridized carbons (Fsp3) is 0.375. The van der Waals surface area contributed by atoms with Crippen LogP contribution in [0.1, 0.15) is 17.3 Å². The molecule has 9 nitrogen and oxygen atoms in total. The topological polar surface area (TPSA) is 116 Å². The van der Waals surface area contributed by atoms with E-state index in [1.165, 1.54) is 0 Å². The number of carbonyl (C=O) groups excluding carboxylic acids is 1. The summed E-state index contributed by atoms with van der Waals surface area (Å²) in [7, 11) is 0. The van der Waals surface area contributed by atoms with Gasteiger partial charge in [-0.2, -0.15) is 0 Å². The van der Waals surface area contributed by atoms with E-state index in [0.29, 0.717) is 44.3 Å². The molecule has 0 spiro atoms. The number of carboxylic acids is 1. The quantitative estimate of drug-likeness (QED) is 0.848. The van der Waals surface area contributed by atoms with Crippen molar-refractivity contribution in [2.75, 3.05) is 37.7 Å². The Balaban J connectivity index is 1.79. The van der Waals surface area contributed by atoms with Crippen LogP contribution in [-0.2, 0) is 4.74 Å². The van der Waals surface area contributed by atoms with Crippen LogP contribution in [-0.4, -0.2) is 64.8 Å². The number of aromatic amines is 1. The molecule has 132 valence electrons. The van der Waals surface area contributed by atoms with Crippen LogP contribution in [0.5, 0.6) is 0 Å². The number of fused-ring (bicyclic) bond motifs is 1. The summed E-state index contributed by atoms with van der Waals surface area (Å²) in [6.07, 6.45) is 0.835. The van der Waals surface area contributed by atoms with Crippen molar-refractivity contribution in [1.82, 2.24) is 14.9 Å². The molecule has 0 bridgehead atoms. The minimum atomic E-state index is -1.28. The second-order valence-corrected chi connectivity index (χ2v) is 5.58. The Labute approximate surface area is 142 Å². The predicted octanol–water partition coefficient (Wildman–Crippen LogP) is 0.900. The highest BCUT2D eigenvalue weighted by Crippen LogP contribution is 2.17. The summed E-state index contributed by atoms with van der Waals surface area (Å²) >= 11 is 0. The summed E-state index contributed by atoms with van der Waals surface area (Å²) in [5, 5.41) is 9.23. The van der Waals surface area contributed by atoms with Crippen LogP contribution < -0.4 is 10.3 Å². The predicted molar refractivity (Wildman–Crippen MR) is 90.1 cm³/mol. The van der Waals surface area contributed by atoms with E-state index in [2.05, 4.69) is 9.97 Å². The summed E-state index contributed by atoms with van der Waals surface area (Å²) in [5.74, 6) is -0.614. The van der Waals surface area contributed by atoms with E-state index in [4.69, 9.17) is 9.84 Å². The monoisotopic (exact) mass is 346 g/mol. The second-order valence-electron chi connectivity index (χ2n) is 5.58. The Morgan fingerprint density at radius 1 is 1.28 bits per heavy atom. The fourth-order valence-electron chi connectivity index (χ4n) is 2.76. The normalized spacial score (nSPS) is 14.6. The molecule has 9 heteroatoms. The van der Waals surface area contributed by atoms with Crippen LogP contribution in [0.15, 0.2) is 23.1 Å². The number of aromatic carboxylic acids is 1. The maximum atomic E-state index is 12.1. The van der Waals surface area contributed by atoms with Gasteiger partial charge >= 0.3 is 12.1 Å². The molecule has 0 saturated carbocycles. The first-order chi connectivity index (χ1) is 12.0. The zero-order valence-corrected chi connectivity index (χ0v) is 13.7. The molecule has 0 aromatic carbocycles. The third-order valence-electron chi connectivity index (χ3n) is 4.08. The van der Waals surface area contributed by atoms with Gasteiger partial charge in [-0.3, -0.25) is 4.79 Å². The first-order valence-electron chi connectivity index (χ1n) is 7.93. The highest BCUT2D eigenvalue weighted by molar-refractivity contribution is 5.91. The van der Waals surface area contributed by atoms with Crippen LogP contribution in [0, 0.1) is 0 Å². The van der Waals surface area contributed by atoms with E-state index < -0.39 is 11.4 Å². The molecule has 2 aromatic heterocycles. The molecule has 0 atom stereocenters. The average molecular weight is 346 g/mol. The molecule has 0 aliphatic carbocycles. The number of amides is 1. The summed E-state index contributed by atoms with van der Waals surface area (Å²) in [6, 6.07) is 3.25. The number of ether oxygens (including phenoxy) is 1. The van der Waals surface area contributed by atoms with E-state index in [-0.39, 0.29) is 17.0 Å². The first-order valence-corrected chi connectivity index (χ1v) is 7.93. The number of nitrogens with one attached hydrogen (secondary N) is 1. The van der Waals surface area contributed by atoms with Gasteiger partial charge < -0.3 is 24.6 Å². The van der Waals surface area contributed by atoms with Gasteiger partial charge in [-0.15, -0.1) is 0 Å².